The van der Waals surface area contributed by atoms with Crippen LogP contribution in [0.15, 0.2) is 115 Å². The summed E-state index contributed by atoms with van der Waals surface area (Å²) in [6.07, 6.45) is 0. The summed E-state index contributed by atoms with van der Waals surface area (Å²) in [5, 5.41) is 10.3. The fourth-order valence-electron chi connectivity index (χ4n) is 3.04. The van der Waals surface area contributed by atoms with Crippen molar-refractivity contribution in [1.82, 2.24) is 0 Å². The number of carbonyl (C=O) groups excluding carboxylic acids is 2. The van der Waals surface area contributed by atoms with Crippen molar-refractivity contribution in [3.63, 3.8) is 0 Å². The van der Waals surface area contributed by atoms with Crippen molar-refractivity contribution in [2.24, 2.45) is 0 Å². The number of hydrogen-bond donors (Lipinski definition) is 0. The standard InChI is InChI=1S/C9H8O4.3C6H5.Sb/c1-13-9(12)7-4-2-6(3-5-7)8(10)11;3*1-2-4-6-5-3-1;/h2-5H,1H3,(H,10,11);3*1-5H;/p-1. The minimum absolute atomic E-state index is 0.0349. The molecule has 4 rings (SSSR count). The van der Waals surface area contributed by atoms with Gasteiger partial charge in [-0.2, -0.15) is 0 Å². The fraction of sp³-hybridized carbons (Fsp3) is 0.0370. The van der Waals surface area contributed by atoms with E-state index >= 15 is 0 Å². The number of aromatic carboxylic acids is 1. The van der Waals surface area contributed by atoms with E-state index < -0.39 is 32.1 Å². The average Bonchev–Trinajstić information content (AvgIpc) is 2.86. The van der Waals surface area contributed by atoms with Crippen LogP contribution < -0.4 is 15.6 Å². The molecule has 5 heteroatoms. The zero-order valence-corrected chi connectivity index (χ0v) is 20.1. The molecule has 4 aromatic carbocycles. The molecule has 4 aromatic rings. The summed E-state index contributed by atoms with van der Waals surface area (Å²) in [5.41, 5.74) is 0.347. The van der Waals surface area contributed by atoms with Crippen LogP contribution in [0.1, 0.15) is 20.7 Å². The zero-order chi connectivity index (χ0) is 22.8. The molecule has 160 valence electrons. The fourth-order valence-corrected chi connectivity index (χ4v) is 9.62. The zero-order valence-electron chi connectivity index (χ0n) is 17.5. The predicted octanol–water partition coefficient (Wildman–Crippen LogP) is 2.04. The van der Waals surface area contributed by atoms with Crippen molar-refractivity contribution in [3.8, 4) is 0 Å². The topological polar surface area (TPSA) is 66.4 Å². The maximum absolute atomic E-state index is 10.9. The van der Waals surface area contributed by atoms with E-state index in [1.807, 2.05) is 0 Å². The minimum atomic E-state index is -1.83. The Bertz CT molecular complexity index is 1030. The van der Waals surface area contributed by atoms with E-state index in [-0.39, 0.29) is 5.56 Å². The first-order chi connectivity index (χ1) is 15.6. The number of carbonyl (C=O) groups is 2. The van der Waals surface area contributed by atoms with E-state index in [1.165, 1.54) is 41.9 Å². The van der Waals surface area contributed by atoms with Crippen LogP contribution >= 0.6 is 0 Å². The number of carboxylic acid groups (broad SMARTS) is 1. The predicted molar refractivity (Wildman–Crippen MR) is 126 cm³/mol. The molecule has 0 saturated heterocycles. The summed E-state index contributed by atoms with van der Waals surface area (Å²) in [7, 11) is 1.26. The molecule has 0 aromatic heterocycles. The molecule has 0 amide bonds. The quantitative estimate of drug-likeness (QED) is 0.292. The van der Waals surface area contributed by atoms with E-state index in [0.29, 0.717) is 5.56 Å². The van der Waals surface area contributed by atoms with Gasteiger partial charge >= 0.3 is 128 Å². The van der Waals surface area contributed by atoms with E-state index in [1.54, 1.807) is 0 Å². The molecular weight excluding hydrogens is 510 g/mol. The van der Waals surface area contributed by atoms with E-state index in [4.69, 9.17) is 0 Å². The Labute approximate surface area is 195 Å². The first-order valence-electron chi connectivity index (χ1n) is 9.95. The van der Waals surface area contributed by atoms with Crippen LogP contribution in [0.2, 0.25) is 0 Å². The van der Waals surface area contributed by atoms with Crippen molar-refractivity contribution in [2.75, 3.05) is 7.11 Å². The number of methoxy groups -OCH3 is 1. The summed E-state index contributed by atoms with van der Waals surface area (Å²) in [5.74, 6) is -1.76. The Morgan fingerprint density at radius 1 is 0.594 bits per heavy atom. The third-order valence-electron chi connectivity index (χ3n) is 4.58. The second-order valence-corrected chi connectivity index (χ2v) is 13.0. The van der Waals surface area contributed by atoms with Crippen LogP contribution in [0.25, 0.3) is 0 Å². The van der Waals surface area contributed by atoms with Gasteiger partial charge in [0.05, 0.1) is 18.6 Å². The molecule has 0 spiro atoms. The van der Waals surface area contributed by atoms with Crippen LogP contribution in [-0.2, 0) is 4.74 Å². The summed E-state index contributed by atoms with van der Waals surface area (Å²) >= 11 is -1.83. The molecule has 0 bridgehead atoms. The molecule has 0 heterocycles. The Hall–Kier alpha value is -3.36. The van der Waals surface area contributed by atoms with Gasteiger partial charge in [0.1, 0.15) is 0 Å². The van der Waals surface area contributed by atoms with Crippen molar-refractivity contribution in [2.45, 2.75) is 0 Å². The van der Waals surface area contributed by atoms with Crippen molar-refractivity contribution in [1.29, 1.82) is 0 Å². The average molecular weight is 532 g/mol. The molecule has 0 atom stereocenters. The maximum atomic E-state index is 10.9. The van der Waals surface area contributed by atoms with E-state index in [0.717, 1.165) is 0 Å². The van der Waals surface area contributed by atoms with Crippen molar-refractivity contribution >= 4 is 42.7 Å². The third-order valence-corrected chi connectivity index (χ3v) is 11.6. The van der Waals surface area contributed by atoms with Gasteiger partial charge in [0, 0.05) is 0 Å². The van der Waals surface area contributed by atoms with E-state index in [9.17, 15) is 14.7 Å². The molecule has 4 nitrogen and oxygen atoms in total. The number of rotatable bonds is 5. The second-order valence-electron chi connectivity index (χ2n) is 6.70. The van der Waals surface area contributed by atoms with Gasteiger partial charge in [0.15, 0.2) is 0 Å². The molecule has 0 unspecified atom stereocenters. The summed E-state index contributed by atoms with van der Waals surface area (Å²) in [6.45, 7) is 0. The number of esters is 1. The first kappa shape index (κ1) is 23.3. The third kappa shape index (κ3) is 6.32. The summed E-state index contributed by atoms with van der Waals surface area (Å²) in [6, 6.07) is 38.2. The molecule has 0 aliphatic heterocycles. The van der Waals surface area contributed by atoms with Gasteiger partial charge < -0.3 is 14.6 Å². The van der Waals surface area contributed by atoms with Crippen LogP contribution in [0, 0.1) is 0 Å². The Morgan fingerprint density at radius 3 is 1.25 bits per heavy atom. The normalized spacial score (nSPS) is 10.1. The van der Waals surface area contributed by atoms with Gasteiger partial charge in [-0.3, -0.25) is 0 Å². The molecule has 0 aliphatic carbocycles. The van der Waals surface area contributed by atoms with Crippen molar-refractivity contribution in [3.05, 3.63) is 126 Å². The summed E-state index contributed by atoms with van der Waals surface area (Å²) < 4.78 is 8.98. The van der Waals surface area contributed by atoms with Gasteiger partial charge in [-0.1, -0.05) is 12.1 Å². The molecule has 0 N–H and O–H groups in total. The number of carboxylic acids is 1. The number of hydrogen-bond acceptors (Lipinski definition) is 4. The van der Waals surface area contributed by atoms with Gasteiger partial charge in [0.25, 0.3) is 0 Å². The number of benzene rings is 4. The van der Waals surface area contributed by atoms with Crippen molar-refractivity contribution < 1.29 is 19.4 Å². The molecule has 0 fully saturated rings. The Morgan fingerprint density at radius 2 is 0.938 bits per heavy atom. The SMILES string of the molecule is COC(=O)c1ccc(C(=O)[O-])cc1.c1cc[c]([Sb]([c]2ccccc2)[c]2ccccc2)cc1. The number of ether oxygens (including phenoxy) is 1. The van der Waals surface area contributed by atoms with Crippen LogP contribution in [0.4, 0.5) is 0 Å². The van der Waals surface area contributed by atoms with Gasteiger partial charge in [0.2, 0.25) is 0 Å². The van der Waals surface area contributed by atoms with Gasteiger partial charge in [-0.25, -0.2) is 4.79 Å². The second kappa shape index (κ2) is 11.9. The van der Waals surface area contributed by atoms with Crippen LogP contribution in [0.3, 0.4) is 0 Å². The molecular formula is C27H22O4Sb-. The van der Waals surface area contributed by atoms with E-state index in [2.05, 4.69) is 95.7 Å². The van der Waals surface area contributed by atoms with Gasteiger partial charge in [-0.15, -0.1) is 0 Å². The molecule has 0 radical (unpaired) electrons. The van der Waals surface area contributed by atoms with Crippen LogP contribution in [-0.4, -0.2) is 39.3 Å². The molecule has 0 aliphatic rings. The Kier molecular flexibility index (Phi) is 8.65. The Balaban J connectivity index is 0.000000195. The first-order valence-corrected chi connectivity index (χ1v) is 13.8. The van der Waals surface area contributed by atoms with Crippen LogP contribution in [0.5, 0.6) is 0 Å². The monoisotopic (exact) mass is 531 g/mol. The molecule has 0 saturated carbocycles. The molecule has 32 heavy (non-hydrogen) atoms. The van der Waals surface area contributed by atoms with Gasteiger partial charge in [-0.05, 0) is 17.7 Å². The summed E-state index contributed by atoms with van der Waals surface area (Å²) in [4.78, 5) is 21.2.